The molecule has 3 aromatic rings. The van der Waals surface area contributed by atoms with Gasteiger partial charge in [-0.25, -0.2) is 0 Å². The maximum absolute atomic E-state index is 12.3. The van der Waals surface area contributed by atoms with Crippen LogP contribution in [0.2, 0.25) is 0 Å². The molecule has 0 spiro atoms. The van der Waals surface area contributed by atoms with Crippen molar-refractivity contribution >= 4 is 17.7 Å². The maximum Gasteiger partial charge on any atom is 0.234 e. The number of carbonyl (C=O) groups excluding carboxylic acids is 1. The van der Waals surface area contributed by atoms with Gasteiger partial charge in [0.15, 0.2) is 0 Å². The predicted octanol–water partition coefficient (Wildman–Crippen LogP) is 4.15. The highest BCUT2D eigenvalue weighted by molar-refractivity contribution is 8.00. The number of thioether (sulfide) groups is 1. The van der Waals surface area contributed by atoms with E-state index in [1.165, 1.54) is 5.56 Å². The molecule has 1 aromatic carbocycles. The number of nitrogens with zero attached hydrogens (tertiary/aromatic N) is 2. The number of carbonyl (C=O) groups is 1. The third kappa shape index (κ3) is 2.87. The summed E-state index contributed by atoms with van der Waals surface area (Å²) in [7, 11) is 0. The van der Waals surface area contributed by atoms with Crippen LogP contribution >= 0.6 is 11.8 Å². The van der Waals surface area contributed by atoms with Crippen LogP contribution in [0.5, 0.6) is 0 Å². The molecule has 4 rings (SSSR count). The Morgan fingerprint density at radius 2 is 2.17 bits per heavy atom. The van der Waals surface area contributed by atoms with Crippen molar-refractivity contribution < 1.29 is 9.21 Å². The topological polar surface area (TPSA) is 38.4 Å². The van der Waals surface area contributed by atoms with Crippen LogP contribution in [-0.2, 0) is 11.3 Å². The number of benzene rings is 1. The van der Waals surface area contributed by atoms with Crippen LogP contribution in [-0.4, -0.2) is 21.1 Å². The van der Waals surface area contributed by atoms with E-state index in [4.69, 9.17) is 4.42 Å². The molecule has 4 nitrogen and oxygen atoms in total. The summed E-state index contributed by atoms with van der Waals surface area (Å²) in [6.07, 6.45) is 5.81. The van der Waals surface area contributed by atoms with Gasteiger partial charge in [-0.2, -0.15) is 0 Å². The Morgan fingerprint density at radius 3 is 2.96 bits per heavy atom. The summed E-state index contributed by atoms with van der Waals surface area (Å²) in [5.74, 6) is 1.49. The summed E-state index contributed by atoms with van der Waals surface area (Å²) in [6.45, 7) is 2.60. The lowest BCUT2D eigenvalue weighted by Crippen LogP contribution is -2.27. The molecule has 0 N–H and O–H groups in total. The lowest BCUT2D eigenvalue weighted by atomic mass is 10.2. The average molecular weight is 338 g/mol. The smallest absolute Gasteiger partial charge is 0.234 e. The minimum atomic E-state index is 0.0358. The van der Waals surface area contributed by atoms with Gasteiger partial charge in [0, 0.05) is 23.6 Å². The second-order valence-electron chi connectivity index (χ2n) is 5.96. The lowest BCUT2D eigenvalue weighted by Gasteiger charge is -2.22. The number of amides is 1. The molecule has 24 heavy (non-hydrogen) atoms. The zero-order valence-corrected chi connectivity index (χ0v) is 14.2. The van der Waals surface area contributed by atoms with Crippen LogP contribution in [0.4, 0.5) is 0 Å². The minimum Gasteiger partial charge on any atom is -0.467 e. The zero-order valence-electron chi connectivity index (χ0n) is 13.4. The molecule has 1 aliphatic rings. The zero-order chi connectivity index (χ0) is 16.5. The molecule has 0 bridgehead atoms. The van der Waals surface area contributed by atoms with Crippen molar-refractivity contribution in [3.8, 4) is 5.69 Å². The summed E-state index contributed by atoms with van der Waals surface area (Å²) < 4.78 is 7.52. The van der Waals surface area contributed by atoms with Gasteiger partial charge in [-0.05, 0) is 42.8 Å². The second-order valence-corrected chi connectivity index (χ2v) is 7.02. The first-order valence-corrected chi connectivity index (χ1v) is 8.94. The van der Waals surface area contributed by atoms with Crippen LogP contribution in [0.3, 0.4) is 0 Å². The maximum atomic E-state index is 12.3. The Balaban J connectivity index is 1.60. The van der Waals surface area contributed by atoms with Gasteiger partial charge in [0.2, 0.25) is 5.91 Å². The van der Waals surface area contributed by atoms with Crippen molar-refractivity contribution in [2.24, 2.45) is 0 Å². The van der Waals surface area contributed by atoms with Crippen LogP contribution in [0.25, 0.3) is 5.69 Å². The third-order valence-corrected chi connectivity index (χ3v) is 5.43. The van der Waals surface area contributed by atoms with Crippen LogP contribution in [0.15, 0.2) is 65.5 Å². The van der Waals surface area contributed by atoms with Crippen molar-refractivity contribution in [1.82, 2.24) is 9.47 Å². The van der Waals surface area contributed by atoms with Crippen molar-refractivity contribution in [1.29, 1.82) is 0 Å². The molecule has 0 radical (unpaired) electrons. The highest BCUT2D eigenvalue weighted by Gasteiger charge is 2.33. The molecule has 0 aliphatic carbocycles. The molecule has 1 fully saturated rings. The second kappa shape index (κ2) is 6.24. The molecule has 1 aliphatic heterocycles. The Kier molecular flexibility index (Phi) is 3.94. The van der Waals surface area contributed by atoms with Crippen molar-refractivity contribution in [3.63, 3.8) is 0 Å². The first-order valence-electron chi connectivity index (χ1n) is 7.89. The summed E-state index contributed by atoms with van der Waals surface area (Å²) in [4.78, 5) is 14.2. The van der Waals surface area contributed by atoms with Crippen molar-refractivity contribution in [3.05, 3.63) is 78.0 Å². The van der Waals surface area contributed by atoms with E-state index in [1.54, 1.807) is 18.0 Å². The molecule has 0 unspecified atom stereocenters. The Bertz CT molecular complexity index is 854. The number of aryl methyl sites for hydroxylation is 1. The normalized spacial score (nSPS) is 17.6. The van der Waals surface area contributed by atoms with Crippen LogP contribution in [0.1, 0.15) is 22.3 Å². The number of hydrogen-bond donors (Lipinski definition) is 0. The quantitative estimate of drug-likeness (QED) is 0.717. The van der Waals surface area contributed by atoms with Crippen molar-refractivity contribution in [2.75, 3.05) is 5.75 Å². The summed E-state index contributed by atoms with van der Waals surface area (Å²) >= 11 is 1.67. The van der Waals surface area contributed by atoms with E-state index in [1.807, 2.05) is 17.0 Å². The molecule has 5 heteroatoms. The van der Waals surface area contributed by atoms with Crippen LogP contribution in [0, 0.1) is 6.92 Å². The predicted molar refractivity (Wildman–Crippen MR) is 95.0 cm³/mol. The van der Waals surface area contributed by atoms with E-state index in [0.717, 1.165) is 17.0 Å². The van der Waals surface area contributed by atoms with E-state index >= 15 is 0 Å². The van der Waals surface area contributed by atoms with Gasteiger partial charge in [0.05, 0.1) is 18.6 Å². The van der Waals surface area contributed by atoms with Gasteiger partial charge in [0.1, 0.15) is 11.1 Å². The summed E-state index contributed by atoms with van der Waals surface area (Å²) in [6, 6.07) is 14.2. The van der Waals surface area contributed by atoms with E-state index in [0.29, 0.717) is 12.3 Å². The molecule has 1 amide bonds. The van der Waals surface area contributed by atoms with E-state index in [-0.39, 0.29) is 11.3 Å². The first kappa shape index (κ1) is 15.1. The highest BCUT2D eigenvalue weighted by Crippen LogP contribution is 2.40. The van der Waals surface area contributed by atoms with Gasteiger partial charge in [-0.1, -0.05) is 12.1 Å². The lowest BCUT2D eigenvalue weighted by molar-refractivity contribution is -0.128. The van der Waals surface area contributed by atoms with Gasteiger partial charge >= 0.3 is 0 Å². The molecule has 122 valence electrons. The molecular formula is C19H18N2O2S. The number of rotatable bonds is 4. The first-order chi connectivity index (χ1) is 11.7. The fraction of sp³-hybridized carbons (Fsp3) is 0.211. The van der Waals surface area contributed by atoms with Gasteiger partial charge in [-0.15, -0.1) is 11.8 Å². The number of furan rings is 1. The van der Waals surface area contributed by atoms with E-state index < -0.39 is 0 Å². The number of hydrogen-bond acceptors (Lipinski definition) is 3. The fourth-order valence-electron chi connectivity index (χ4n) is 2.98. The summed E-state index contributed by atoms with van der Waals surface area (Å²) in [5.41, 5.74) is 3.50. The monoisotopic (exact) mass is 338 g/mol. The fourth-order valence-corrected chi connectivity index (χ4v) is 4.15. The third-order valence-electron chi connectivity index (χ3n) is 4.18. The van der Waals surface area contributed by atoms with Crippen molar-refractivity contribution in [2.45, 2.75) is 18.8 Å². The van der Waals surface area contributed by atoms with E-state index in [9.17, 15) is 4.79 Å². The average Bonchev–Trinajstić information content (AvgIpc) is 3.30. The van der Waals surface area contributed by atoms with Gasteiger partial charge < -0.3 is 13.9 Å². The Hall–Kier alpha value is -2.40. The summed E-state index contributed by atoms with van der Waals surface area (Å²) in [5, 5.41) is 0.0358. The Morgan fingerprint density at radius 1 is 1.25 bits per heavy atom. The molecule has 3 heterocycles. The molecule has 2 aromatic heterocycles. The standard InChI is InChI=1S/C19H18N2O2S/c1-14-4-2-5-16(10-14)20-8-7-15(11-20)19-21(18(22)13-24-19)12-17-6-3-9-23-17/h2-11,19H,12-13H2,1H3/t19-/m1/s1. The van der Waals surface area contributed by atoms with Gasteiger partial charge in [-0.3, -0.25) is 4.79 Å². The minimum absolute atomic E-state index is 0.0358. The largest absolute Gasteiger partial charge is 0.467 e. The molecular weight excluding hydrogens is 320 g/mol. The molecule has 1 atom stereocenters. The van der Waals surface area contributed by atoms with Gasteiger partial charge in [0.25, 0.3) is 0 Å². The Labute approximate surface area is 145 Å². The van der Waals surface area contributed by atoms with Crippen LogP contribution < -0.4 is 0 Å². The number of aromatic nitrogens is 1. The highest BCUT2D eigenvalue weighted by atomic mass is 32.2. The van der Waals surface area contributed by atoms with E-state index in [2.05, 4.69) is 54.2 Å². The molecule has 0 saturated carbocycles. The SMILES string of the molecule is Cc1cccc(-n2ccc([C@H]3SCC(=O)N3Cc3ccco3)c2)c1. The molecule has 1 saturated heterocycles.